The summed E-state index contributed by atoms with van der Waals surface area (Å²) in [4.78, 5) is 12.9. The first-order valence-electron chi connectivity index (χ1n) is 22.7. The average molecular weight is 780 g/mol. The van der Waals surface area contributed by atoms with Crippen LogP contribution in [0.3, 0.4) is 0 Å². The fourth-order valence-corrected chi connectivity index (χ4v) is 7.01. The number of aliphatic hydroxyl groups excluding tert-OH is 5. The molecule has 9 nitrogen and oxygen atoms in total. The van der Waals surface area contributed by atoms with Crippen LogP contribution in [-0.2, 0) is 14.3 Å². The number of carbonyl (C=O) groups is 1. The topological polar surface area (TPSA) is 149 Å². The van der Waals surface area contributed by atoms with E-state index in [2.05, 4.69) is 55.6 Å². The zero-order valence-corrected chi connectivity index (χ0v) is 35.2. The molecule has 0 saturated carbocycles. The highest BCUT2D eigenvalue weighted by molar-refractivity contribution is 5.76. The van der Waals surface area contributed by atoms with Gasteiger partial charge in [-0.3, -0.25) is 4.79 Å². The lowest BCUT2D eigenvalue weighted by atomic mass is 9.99. The predicted octanol–water partition coefficient (Wildman–Crippen LogP) is 9.28. The van der Waals surface area contributed by atoms with Gasteiger partial charge < -0.3 is 40.3 Å². The third-order valence-electron chi connectivity index (χ3n) is 10.7. The standard InChI is InChI=1S/C46H85NO8/c1-3-5-7-9-11-13-15-17-19-20-22-23-25-27-29-31-33-35-40(49)39(38-54-46-45(53)44(52)43(51)41(37-48)55-46)47-42(50)36-34-32-30-28-26-24-21-18-16-14-12-10-8-6-4-2/h12,14,18,21,25,27,39-41,43-46,48-49,51-53H,3-11,13,15-17,19-20,22-24,26,28-38H2,1-2H3,(H,47,50)/b14-12+,21-18+,27-25+/t39-,40+,41+,43+,44?,45?,46+/m0/s1. The average Bonchev–Trinajstić information content (AvgIpc) is 3.18. The van der Waals surface area contributed by atoms with Crippen LogP contribution in [0.5, 0.6) is 0 Å². The molecule has 1 rings (SSSR count). The maximum atomic E-state index is 12.9. The van der Waals surface area contributed by atoms with Gasteiger partial charge in [0, 0.05) is 6.42 Å². The second-order valence-electron chi connectivity index (χ2n) is 15.8. The second kappa shape index (κ2) is 36.7. The van der Waals surface area contributed by atoms with Gasteiger partial charge in [-0.15, -0.1) is 0 Å². The number of amides is 1. The Balaban J connectivity index is 2.38. The van der Waals surface area contributed by atoms with Crippen LogP contribution in [-0.4, -0.2) is 87.5 Å². The van der Waals surface area contributed by atoms with E-state index in [4.69, 9.17) is 9.47 Å². The lowest BCUT2D eigenvalue weighted by Crippen LogP contribution is -2.60. The maximum Gasteiger partial charge on any atom is 0.220 e. The fraction of sp³-hybridized carbons (Fsp3) is 0.848. The van der Waals surface area contributed by atoms with Gasteiger partial charge in [0.15, 0.2) is 6.29 Å². The van der Waals surface area contributed by atoms with E-state index in [-0.39, 0.29) is 12.5 Å². The first-order chi connectivity index (χ1) is 26.8. The second-order valence-corrected chi connectivity index (χ2v) is 15.8. The van der Waals surface area contributed by atoms with Crippen molar-refractivity contribution in [2.45, 2.75) is 236 Å². The highest BCUT2D eigenvalue weighted by Gasteiger charge is 2.44. The number of allylic oxidation sites excluding steroid dienone is 6. The summed E-state index contributed by atoms with van der Waals surface area (Å²) in [6.45, 7) is 3.77. The quantitative estimate of drug-likeness (QED) is 0.0270. The summed E-state index contributed by atoms with van der Waals surface area (Å²) in [5.41, 5.74) is 0. The minimum Gasteiger partial charge on any atom is -0.394 e. The fourth-order valence-electron chi connectivity index (χ4n) is 7.01. The van der Waals surface area contributed by atoms with Gasteiger partial charge in [-0.25, -0.2) is 0 Å². The summed E-state index contributed by atoms with van der Waals surface area (Å²) in [7, 11) is 0. The molecule has 1 saturated heterocycles. The number of hydrogen-bond acceptors (Lipinski definition) is 8. The molecule has 9 heteroatoms. The van der Waals surface area contributed by atoms with Crippen molar-refractivity contribution >= 4 is 5.91 Å². The molecule has 0 aliphatic carbocycles. The summed E-state index contributed by atoms with van der Waals surface area (Å²) < 4.78 is 11.2. The van der Waals surface area contributed by atoms with Gasteiger partial charge in [0.2, 0.25) is 5.91 Å². The Labute approximate surface area is 336 Å². The predicted molar refractivity (Wildman–Crippen MR) is 226 cm³/mol. The molecule has 0 radical (unpaired) electrons. The molecule has 0 aromatic heterocycles. The van der Waals surface area contributed by atoms with Crippen LogP contribution < -0.4 is 5.32 Å². The zero-order valence-electron chi connectivity index (χ0n) is 35.2. The van der Waals surface area contributed by atoms with Crippen molar-refractivity contribution in [3.63, 3.8) is 0 Å². The zero-order chi connectivity index (χ0) is 40.2. The summed E-state index contributed by atoms with van der Waals surface area (Å²) in [6, 6.07) is -0.741. The van der Waals surface area contributed by atoms with E-state index in [1.54, 1.807) is 0 Å². The molecule has 0 aromatic rings. The molecule has 55 heavy (non-hydrogen) atoms. The molecule has 6 N–H and O–H groups in total. The minimum atomic E-state index is -1.56. The van der Waals surface area contributed by atoms with E-state index in [0.29, 0.717) is 12.8 Å². The highest BCUT2D eigenvalue weighted by atomic mass is 16.7. The molecule has 1 aliphatic heterocycles. The van der Waals surface area contributed by atoms with Gasteiger partial charge in [-0.05, 0) is 70.6 Å². The van der Waals surface area contributed by atoms with Crippen LogP contribution in [0.1, 0.15) is 194 Å². The van der Waals surface area contributed by atoms with Crippen LogP contribution in [0, 0.1) is 0 Å². The molecule has 1 aliphatic rings. The maximum absolute atomic E-state index is 12.9. The first kappa shape index (κ1) is 51.4. The smallest absolute Gasteiger partial charge is 0.220 e. The summed E-state index contributed by atoms with van der Waals surface area (Å²) in [5.74, 6) is -0.169. The summed E-state index contributed by atoms with van der Waals surface area (Å²) in [5, 5.41) is 54.3. The highest BCUT2D eigenvalue weighted by Crippen LogP contribution is 2.23. The van der Waals surface area contributed by atoms with E-state index in [1.165, 1.54) is 96.3 Å². The molecule has 2 unspecified atom stereocenters. The molecule has 1 fully saturated rings. The Kier molecular flexibility index (Phi) is 34.3. The molecule has 1 heterocycles. The van der Waals surface area contributed by atoms with Crippen LogP contribution in [0.4, 0.5) is 0 Å². The van der Waals surface area contributed by atoms with E-state index < -0.39 is 49.5 Å². The monoisotopic (exact) mass is 780 g/mol. The van der Waals surface area contributed by atoms with Crippen molar-refractivity contribution in [2.75, 3.05) is 13.2 Å². The third-order valence-corrected chi connectivity index (χ3v) is 10.7. The van der Waals surface area contributed by atoms with Gasteiger partial charge in [0.05, 0.1) is 25.4 Å². The molecular weight excluding hydrogens is 695 g/mol. The molecular formula is C46H85NO8. The normalized spacial score (nSPS) is 21.6. The van der Waals surface area contributed by atoms with Crippen LogP contribution in [0.2, 0.25) is 0 Å². The van der Waals surface area contributed by atoms with Crippen LogP contribution >= 0.6 is 0 Å². The van der Waals surface area contributed by atoms with E-state index in [9.17, 15) is 30.3 Å². The number of unbranched alkanes of at least 4 members (excludes halogenated alkanes) is 21. The van der Waals surface area contributed by atoms with Gasteiger partial charge in [-0.1, -0.05) is 153 Å². The van der Waals surface area contributed by atoms with Crippen molar-refractivity contribution in [1.82, 2.24) is 5.32 Å². The van der Waals surface area contributed by atoms with Crippen molar-refractivity contribution in [2.24, 2.45) is 0 Å². The molecule has 0 bridgehead atoms. The lowest BCUT2D eigenvalue weighted by molar-refractivity contribution is -0.302. The summed E-state index contributed by atoms with van der Waals surface area (Å²) >= 11 is 0. The minimum absolute atomic E-state index is 0.156. The number of rotatable bonds is 37. The molecule has 1 amide bonds. The molecule has 0 aromatic carbocycles. The third kappa shape index (κ3) is 27.6. The van der Waals surface area contributed by atoms with Crippen molar-refractivity contribution in [3.8, 4) is 0 Å². The van der Waals surface area contributed by atoms with Gasteiger partial charge in [0.25, 0.3) is 0 Å². The number of hydrogen-bond donors (Lipinski definition) is 6. The molecule has 7 atom stereocenters. The van der Waals surface area contributed by atoms with Gasteiger partial charge in [0.1, 0.15) is 24.4 Å². The van der Waals surface area contributed by atoms with E-state index >= 15 is 0 Å². The van der Waals surface area contributed by atoms with Crippen molar-refractivity contribution in [3.05, 3.63) is 36.5 Å². The Hall–Kier alpha value is -1.59. The Bertz CT molecular complexity index is 956. The molecule has 0 spiro atoms. The Morgan fingerprint density at radius 1 is 0.618 bits per heavy atom. The number of aliphatic hydroxyl groups is 5. The first-order valence-corrected chi connectivity index (χ1v) is 22.7. The van der Waals surface area contributed by atoms with Crippen molar-refractivity contribution < 1.29 is 39.8 Å². The number of nitrogens with one attached hydrogen (secondary N) is 1. The van der Waals surface area contributed by atoms with E-state index in [0.717, 1.165) is 70.6 Å². The van der Waals surface area contributed by atoms with Crippen LogP contribution in [0.15, 0.2) is 36.5 Å². The Morgan fingerprint density at radius 2 is 1.07 bits per heavy atom. The van der Waals surface area contributed by atoms with Crippen LogP contribution in [0.25, 0.3) is 0 Å². The lowest BCUT2D eigenvalue weighted by Gasteiger charge is -2.40. The summed E-state index contributed by atoms with van der Waals surface area (Å²) in [6.07, 6.45) is 37.2. The molecule has 322 valence electrons. The Morgan fingerprint density at radius 3 is 1.62 bits per heavy atom. The number of carbonyl (C=O) groups excluding carboxylic acids is 1. The van der Waals surface area contributed by atoms with E-state index in [1.807, 2.05) is 0 Å². The SMILES string of the molecule is CCCCC/C=C/C/C=C/CCCCCCCC(=O)N[C@@H](CO[C@@H]1O[C@H](CO)[C@@H](O)C(O)C1O)[C@H](O)CCCC/C=C/CCCCCCCCCCCCC. The largest absolute Gasteiger partial charge is 0.394 e. The number of ether oxygens (including phenoxy) is 2. The van der Waals surface area contributed by atoms with Gasteiger partial charge >= 0.3 is 0 Å². The van der Waals surface area contributed by atoms with Crippen molar-refractivity contribution in [1.29, 1.82) is 0 Å². The van der Waals surface area contributed by atoms with Gasteiger partial charge in [-0.2, -0.15) is 0 Å².